The molecule has 0 spiro atoms. The maximum absolute atomic E-state index is 4.25. The predicted molar refractivity (Wildman–Crippen MR) is 61.8 cm³/mol. The maximum Gasteiger partial charge on any atom is 0.0949 e. The van der Waals surface area contributed by atoms with Crippen molar-refractivity contribution in [1.82, 2.24) is 14.5 Å². The molecule has 0 N–H and O–H groups in total. The largest absolute Gasteiger partial charge is 0.337 e. The minimum atomic E-state index is 0.920. The van der Waals surface area contributed by atoms with Crippen LogP contribution < -0.4 is 0 Å². The predicted octanol–water partition coefficient (Wildman–Crippen LogP) is 1.92. The highest BCUT2D eigenvalue weighted by molar-refractivity contribution is 4.92. The molecule has 1 aromatic rings. The molecule has 0 radical (unpaired) electrons. The fraction of sp³-hybridized carbons (Fsp3) is 0.750. The van der Waals surface area contributed by atoms with E-state index in [-0.39, 0.29) is 0 Å². The van der Waals surface area contributed by atoms with Gasteiger partial charge in [0, 0.05) is 12.7 Å². The first-order valence-corrected chi connectivity index (χ1v) is 5.91. The van der Waals surface area contributed by atoms with Crippen LogP contribution >= 0.6 is 0 Å². The summed E-state index contributed by atoms with van der Waals surface area (Å²) >= 11 is 0. The molecule has 0 aliphatic carbocycles. The first-order chi connectivity index (χ1) is 7.24. The number of hydrogen-bond acceptors (Lipinski definition) is 2. The van der Waals surface area contributed by atoms with Crippen molar-refractivity contribution < 1.29 is 0 Å². The van der Waals surface area contributed by atoms with E-state index in [4.69, 9.17) is 0 Å². The normalized spacial score (nSPS) is 19.6. The number of nitrogens with zero attached hydrogens (tertiary/aromatic N) is 3. The number of hydrogen-bond donors (Lipinski definition) is 0. The second kappa shape index (κ2) is 4.79. The Hall–Kier alpha value is -0.830. The molecule has 0 atom stereocenters. The maximum atomic E-state index is 4.25. The monoisotopic (exact) mass is 207 g/mol. The van der Waals surface area contributed by atoms with Crippen LogP contribution in [0.5, 0.6) is 0 Å². The quantitative estimate of drug-likeness (QED) is 0.755. The van der Waals surface area contributed by atoms with Crippen LogP contribution in [0.1, 0.15) is 25.0 Å². The summed E-state index contributed by atoms with van der Waals surface area (Å²) in [6, 6.07) is 0. The van der Waals surface area contributed by atoms with Gasteiger partial charge in [0.15, 0.2) is 0 Å². The molecule has 15 heavy (non-hydrogen) atoms. The summed E-state index contributed by atoms with van der Waals surface area (Å²) in [5.74, 6) is 0.920. The Bertz CT molecular complexity index is 298. The Balaban J connectivity index is 1.74. The Morgan fingerprint density at radius 2 is 2.13 bits per heavy atom. The van der Waals surface area contributed by atoms with Crippen molar-refractivity contribution in [3.05, 3.63) is 18.2 Å². The molecule has 0 aromatic carbocycles. The summed E-state index contributed by atoms with van der Waals surface area (Å²) < 4.78 is 2.22. The minimum absolute atomic E-state index is 0.920. The third-order valence-electron chi connectivity index (χ3n) is 3.40. The zero-order valence-corrected chi connectivity index (χ0v) is 9.82. The molecule has 2 heterocycles. The van der Waals surface area contributed by atoms with E-state index in [0.29, 0.717) is 0 Å². The van der Waals surface area contributed by atoms with E-state index in [1.165, 1.54) is 32.4 Å². The first-order valence-electron chi connectivity index (χ1n) is 5.91. The van der Waals surface area contributed by atoms with E-state index in [1.54, 1.807) is 0 Å². The van der Waals surface area contributed by atoms with E-state index < -0.39 is 0 Å². The van der Waals surface area contributed by atoms with Crippen molar-refractivity contribution in [1.29, 1.82) is 0 Å². The molecule has 0 unspecified atom stereocenters. The summed E-state index contributed by atoms with van der Waals surface area (Å²) in [4.78, 5) is 6.68. The molecular weight excluding hydrogens is 186 g/mol. The molecule has 2 rings (SSSR count). The van der Waals surface area contributed by atoms with Gasteiger partial charge in [-0.25, -0.2) is 4.98 Å². The standard InChI is InChI=1S/C12H21N3/c1-11-9-15(10-13-11)8-5-12-3-6-14(2)7-4-12/h9-10,12H,3-8H2,1-2H3. The van der Waals surface area contributed by atoms with Gasteiger partial charge in [-0.3, -0.25) is 0 Å². The summed E-state index contributed by atoms with van der Waals surface area (Å²) in [6.07, 6.45) is 8.12. The third kappa shape index (κ3) is 3.06. The molecule has 84 valence electrons. The van der Waals surface area contributed by atoms with Gasteiger partial charge in [-0.05, 0) is 52.2 Å². The van der Waals surface area contributed by atoms with E-state index in [2.05, 4.69) is 27.7 Å². The van der Waals surface area contributed by atoms with Crippen LogP contribution in [0.15, 0.2) is 12.5 Å². The first kappa shape index (κ1) is 10.7. The lowest BCUT2D eigenvalue weighted by Crippen LogP contribution is -2.30. The van der Waals surface area contributed by atoms with Crippen LogP contribution in [0.2, 0.25) is 0 Å². The number of rotatable bonds is 3. The van der Waals surface area contributed by atoms with Crippen molar-refractivity contribution in [2.45, 2.75) is 32.7 Å². The van der Waals surface area contributed by atoms with Crippen LogP contribution in [-0.2, 0) is 6.54 Å². The van der Waals surface area contributed by atoms with Crippen molar-refractivity contribution in [3.63, 3.8) is 0 Å². The number of aromatic nitrogens is 2. The van der Waals surface area contributed by atoms with Gasteiger partial charge >= 0.3 is 0 Å². The van der Waals surface area contributed by atoms with E-state index in [0.717, 1.165) is 18.2 Å². The molecule has 0 amide bonds. The lowest BCUT2D eigenvalue weighted by Gasteiger charge is -2.28. The van der Waals surface area contributed by atoms with Crippen LogP contribution in [0.25, 0.3) is 0 Å². The Morgan fingerprint density at radius 1 is 1.40 bits per heavy atom. The number of likely N-dealkylation sites (tertiary alicyclic amines) is 1. The second-order valence-electron chi connectivity index (χ2n) is 4.79. The molecule has 0 saturated carbocycles. The third-order valence-corrected chi connectivity index (χ3v) is 3.40. The van der Waals surface area contributed by atoms with Crippen molar-refractivity contribution in [3.8, 4) is 0 Å². The summed E-state index contributed by atoms with van der Waals surface area (Å²) in [5, 5.41) is 0. The fourth-order valence-corrected chi connectivity index (χ4v) is 2.28. The van der Waals surface area contributed by atoms with Gasteiger partial charge in [0.2, 0.25) is 0 Å². The van der Waals surface area contributed by atoms with Crippen LogP contribution in [-0.4, -0.2) is 34.6 Å². The molecule has 1 saturated heterocycles. The molecule has 1 aliphatic heterocycles. The minimum Gasteiger partial charge on any atom is -0.337 e. The highest BCUT2D eigenvalue weighted by Gasteiger charge is 2.16. The van der Waals surface area contributed by atoms with Crippen molar-refractivity contribution in [2.75, 3.05) is 20.1 Å². The summed E-state index contributed by atoms with van der Waals surface area (Å²) in [5.41, 5.74) is 1.12. The fourth-order valence-electron chi connectivity index (χ4n) is 2.28. The average molecular weight is 207 g/mol. The summed E-state index contributed by atoms with van der Waals surface area (Å²) in [6.45, 7) is 5.72. The Kier molecular flexibility index (Phi) is 3.41. The molecule has 3 nitrogen and oxygen atoms in total. The molecule has 0 bridgehead atoms. The highest BCUT2D eigenvalue weighted by Crippen LogP contribution is 2.20. The lowest BCUT2D eigenvalue weighted by atomic mass is 9.94. The van der Waals surface area contributed by atoms with Crippen molar-refractivity contribution >= 4 is 0 Å². The Morgan fingerprint density at radius 3 is 2.73 bits per heavy atom. The zero-order valence-electron chi connectivity index (χ0n) is 9.82. The molecular formula is C12H21N3. The molecule has 1 fully saturated rings. The van der Waals surface area contributed by atoms with Crippen LogP contribution in [0.3, 0.4) is 0 Å². The number of aryl methyl sites for hydroxylation is 2. The van der Waals surface area contributed by atoms with Crippen LogP contribution in [0.4, 0.5) is 0 Å². The Labute approximate surface area is 92.1 Å². The van der Waals surface area contributed by atoms with Gasteiger partial charge in [-0.15, -0.1) is 0 Å². The number of piperidine rings is 1. The van der Waals surface area contributed by atoms with E-state index >= 15 is 0 Å². The highest BCUT2D eigenvalue weighted by atomic mass is 15.1. The van der Waals surface area contributed by atoms with Gasteiger partial charge in [-0.2, -0.15) is 0 Å². The van der Waals surface area contributed by atoms with Gasteiger partial charge in [0.05, 0.1) is 12.0 Å². The summed E-state index contributed by atoms with van der Waals surface area (Å²) in [7, 11) is 2.22. The molecule has 1 aromatic heterocycles. The topological polar surface area (TPSA) is 21.1 Å². The van der Waals surface area contributed by atoms with Gasteiger partial charge < -0.3 is 9.47 Å². The SMILES string of the molecule is Cc1cn(CCC2CCN(C)CC2)cn1. The number of imidazole rings is 1. The van der Waals surface area contributed by atoms with Crippen molar-refractivity contribution in [2.24, 2.45) is 5.92 Å². The van der Waals surface area contributed by atoms with Gasteiger partial charge in [0.25, 0.3) is 0 Å². The zero-order chi connectivity index (χ0) is 10.7. The average Bonchev–Trinajstić information content (AvgIpc) is 2.64. The van der Waals surface area contributed by atoms with Gasteiger partial charge in [-0.1, -0.05) is 0 Å². The van der Waals surface area contributed by atoms with Crippen LogP contribution in [0, 0.1) is 12.8 Å². The lowest BCUT2D eigenvalue weighted by molar-refractivity contribution is 0.208. The van der Waals surface area contributed by atoms with E-state index in [9.17, 15) is 0 Å². The smallest absolute Gasteiger partial charge is 0.0949 e. The molecule has 1 aliphatic rings. The van der Waals surface area contributed by atoms with E-state index in [1.807, 2.05) is 13.3 Å². The second-order valence-corrected chi connectivity index (χ2v) is 4.79. The molecule has 3 heteroatoms. The van der Waals surface area contributed by atoms with Gasteiger partial charge in [0.1, 0.15) is 0 Å².